The van der Waals surface area contributed by atoms with E-state index in [1.165, 1.54) is 4.90 Å². The molecule has 29 heavy (non-hydrogen) atoms. The van der Waals surface area contributed by atoms with Gasteiger partial charge >= 0.3 is 0 Å². The average Bonchev–Trinajstić information content (AvgIpc) is 3.27. The second-order valence-corrected chi connectivity index (χ2v) is 7.66. The summed E-state index contributed by atoms with van der Waals surface area (Å²) in [6, 6.07) is 10.6. The number of aryl methyl sites for hydroxylation is 1. The van der Waals surface area contributed by atoms with Gasteiger partial charge in [-0.1, -0.05) is 12.1 Å². The van der Waals surface area contributed by atoms with E-state index in [1.54, 1.807) is 36.4 Å². The maximum atomic E-state index is 12.4. The van der Waals surface area contributed by atoms with Crippen LogP contribution >= 0.6 is 0 Å². The standard InChI is InChI=1S/C22H25N3O4/c1-15-7-8-19(29-15)20(26)23-16-9-13-24(14-10-16)11-4-12-25-21(27)17-5-2-3-6-18(17)22(25)28/h2-3,5-8,16H,4,9-14H2,1H3,(H,23,26). The number of hydrogen-bond acceptors (Lipinski definition) is 5. The van der Waals surface area contributed by atoms with Gasteiger partial charge in [0.2, 0.25) is 0 Å². The summed E-state index contributed by atoms with van der Waals surface area (Å²) < 4.78 is 5.37. The lowest BCUT2D eigenvalue weighted by Crippen LogP contribution is -2.45. The molecule has 1 saturated heterocycles. The van der Waals surface area contributed by atoms with Crippen molar-refractivity contribution < 1.29 is 18.8 Å². The molecule has 1 N–H and O–H groups in total. The molecule has 7 heteroatoms. The highest BCUT2D eigenvalue weighted by molar-refractivity contribution is 6.21. The molecule has 0 aliphatic carbocycles. The van der Waals surface area contributed by atoms with Gasteiger partial charge < -0.3 is 14.6 Å². The van der Waals surface area contributed by atoms with Crippen LogP contribution in [0.15, 0.2) is 40.8 Å². The van der Waals surface area contributed by atoms with E-state index in [2.05, 4.69) is 10.2 Å². The van der Waals surface area contributed by atoms with Gasteiger partial charge in [0.05, 0.1) is 11.1 Å². The minimum absolute atomic E-state index is 0.139. The Hall–Kier alpha value is -2.93. The van der Waals surface area contributed by atoms with Crippen LogP contribution < -0.4 is 5.32 Å². The largest absolute Gasteiger partial charge is 0.456 e. The monoisotopic (exact) mass is 395 g/mol. The highest BCUT2D eigenvalue weighted by Gasteiger charge is 2.34. The van der Waals surface area contributed by atoms with Gasteiger partial charge in [0, 0.05) is 25.7 Å². The number of furan rings is 1. The number of nitrogens with zero attached hydrogens (tertiary/aromatic N) is 2. The van der Waals surface area contributed by atoms with E-state index in [0.717, 1.165) is 44.7 Å². The molecular formula is C22H25N3O4. The van der Waals surface area contributed by atoms with Crippen molar-refractivity contribution in [1.29, 1.82) is 0 Å². The van der Waals surface area contributed by atoms with Crippen LogP contribution in [0.3, 0.4) is 0 Å². The molecule has 1 aromatic carbocycles. The molecular weight excluding hydrogens is 370 g/mol. The third-order valence-corrected chi connectivity index (χ3v) is 5.62. The smallest absolute Gasteiger partial charge is 0.287 e. The topological polar surface area (TPSA) is 82.9 Å². The fourth-order valence-corrected chi connectivity index (χ4v) is 4.01. The van der Waals surface area contributed by atoms with E-state index >= 15 is 0 Å². The van der Waals surface area contributed by atoms with E-state index in [-0.39, 0.29) is 23.8 Å². The van der Waals surface area contributed by atoms with Crippen LogP contribution in [0.4, 0.5) is 0 Å². The second kappa shape index (κ2) is 8.21. The Labute approximate surface area is 169 Å². The number of benzene rings is 1. The Balaban J connectivity index is 1.20. The van der Waals surface area contributed by atoms with E-state index < -0.39 is 0 Å². The zero-order valence-corrected chi connectivity index (χ0v) is 16.5. The number of hydrogen-bond donors (Lipinski definition) is 1. The third kappa shape index (κ3) is 4.10. The predicted molar refractivity (Wildman–Crippen MR) is 107 cm³/mol. The van der Waals surface area contributed by atoms with Crippen LogP contribution in [0, 0.1) is 6.92 Å². The summed E-state index contributed by atoms with van der Waals surface area (Å²) in [5, 5.41) is 3.03. The van der Waals surface area contributed by atoms with Crippen molar-refractivity contribution in [2.24, 2.45) is 0 Å². The highest BCUT2D eigenvalue weighted by atomic mass is 16.3. The summed E-state index contributed by atoms with van der Waals surface area (Å²) in [6.45, 7) is 4.83. The fourth-order valence-electron chi connectivity index (χ4n) is 4.01. The van der Waals surface area contributed by atoms with Crippen LogP contribution in [0.2, 0.25) is 0 Å². The van der Waals surface area contributed by atoms with Gasteiger partial charge in [-0.2, -0.15) is 0 Å². The molecule has 4 rings (SSSR count). The van der Waals surface area contributed by atoms with E-state index in [0.29, 0.717) is 23.4 Å². The van der Waals surface area contributed by atoms with Crippen LogP contribution in [0.5, 0.6) is 0 Å². The Morgan fingerprint density at radius 3 is 2.28 bits per heavy atom. The number of amides is 3. The van der Waals surface area contributed by atoms with Crippen LogP contribution in [-0.4, -0.2) is 59.7 Å². The molecule has 2 aromatic rings. The number of carbonyl (C=O) groups excluding carboxylic acids is 3. The Morgan fingerprint density at radius 2 is 1.69 bits per heavy atom. The van der Waals surface area contributed by atoms with Crippen LogP contribution in [0.25, 0.3) is 0 Å². The van der Waals surface area contributed by atoms with Gasteiger partial charge in [-0.25, -0.2) is 0 Å². The number of fused-ring (bicyclic) bond motifs is 1. The first-order valence-corrected chi connectivity index (χ1v) is 10.1. The average molecular weight is 395 g/mol. The van der Waals surface area contributed by atoms with Crippen molar-refractivity contribution in [1.82, 2.24) is 15.1 Å². The van der Waals surface area contributed by atoms with Crippen molar-refractivity contribution in [3.05, 3.63) is 59.0 Å². The first-order chi connectivity index (χ1) is 14.0. The molecule has 0 atom stereocenters. The van der Waals surface area contributed by atoms with Crippen molar-refractivity contribution in [2.75, 3.05) is 26.2 Å². The number of imide groups is 1. The van der Waals surface area contributed by atoms with Crippen LogP contribution in [0.1, 0.15) is 56.3 Å². The third-order valence-electron chi connectivity index (χ3n) is 5.62. The summed E-state index contributed by atoms with van der Waals surface area (Å²) in [5.74, 6) is 0.524. The Bertz CT molecular complexity index is 893. The zero-order chi connectivity index (χ0) is 20.4. The predicted octanol–water partition coefficient (Wildman–Crippen LogP) is 2.47. The van der Waals surface area contributed by atoms with Crippen LogP contribution in [-0.2, 0) is 0 Å². The quantitative estimate of drug-likeness (QED) is 0.760. The molecule has 0 unspecified atom stereocenters. The van der Waals surface area contributed by atoms with Gasteiger partial charge in [0.15, 0.2) is 5.76 Å². The first kappa shape index (κ1) is 19.4. The van der Waals surface area contributed by atoms with E-state index in [4.69, 9.17) is 4.42 Å². The molecule has 3 heterocycles. The minimum Gasteiger partial charge on any atom is -0.456 e. The normalized spacial score (nSPS) is 17.6. The molecule has 1 aromatic heterocycles. The fraction of sp³-hybridized carbons (Fsp3) is 0.409. The lowest BCUT2D eigenvalue weighted by atomic mass is 10.0. The second-order valence-electron chi connectivity index (χ2n) is 7.66. The molecule has 0 saturated carbocycles. The molecule has 2 aliphatic heterocycles. The van der Waals surface area contributed by atoms with Crippen molar-refractivity contribution in [2.45, 2.75) is 32.2 Å². The Morgan fingerprint density at radius 1 is 1.03 bits per heavy atom. The summed E-state index contributed by atoms with van der Waals surface area (Å²) >= 11 is 0. The first-order valence-electron chi connectivity index (χ1n) is 10.1. The minimum atomic E-state index is -0.194. The number of likely N-dealkylation sites (tertiary alicyclic amines) is 1. The Kier molecular flexibility index (Phi) is 5.49. The molecule has 152 valence electrons. The number of rotatable bonds is 6. The molecule has 0 bridgehead atoms. The van der Waals surface area contributed by atoms with Crippen molar-refractivity contribution >= 4 is 17.7 Å². The van der Waals surface area contributed by atoms with Gasteiger partial charge in [-0.15, -0.1) is 0 Å². The van der Waals surface area contributed by atoms with Gasteiger partial charge in [-0.05, 0) is 57.0 Å². The van der Waals surface area contributed by atoms with Gasteiger partial charge in [-0.3, -0.25) is 19.3 Å². The summed E-state index contributed by atoms with van der Waals surface area (Å²) in [6.07, 6.45) is 2.49. The molecule has 7 nitrogen and oxygen atoms in total. The summed E-state index contributed by atoms with van der Waals surface area (Å²) in [7, 11) is 0. The maximum Gasteiger partial charge on any atom is 0.287 e. The summed E-state index contributed by atoms with van der Waals surface area (Å²) in [4.78, 5) is 40.7. The zero-order valence-electron chi connectivity index (χ0n) is 16.5. The molecule has 3 amide bonds. The number of piperidine rings is 1. The number of nitrogens with one attached hydrogen (secondary N) is 1. The molecule has 2 aliphatic rings. The van der Waals surface area contributed by atoms with E-state index in [9.17, 15) is 14.4 Å². The molecule has 1 fully saturated rings. The maximum absolute atomic E-state index is 12.4. The highest BCUT2D eigenvalue weighted by Crippen LogP contribution is 2.22. The lowest BCUT2D eigenvalue weighted by molar-refractivity contribution is 0.0645. The summed E-state index contributed by atoms with van der Waals surface area (Å²) in [5.41, 5.74) is 1.00. The van der Waals surface area contributed by atoms with E-state index in [1.807, 2.05) is 6.92 Å². The lowest BCUT2D eigenvalue weighted by Gasteiger charge is -2.32. The SMILES string of the molecule is Cc1ccc(C(=O)NC2CCN(CCCN3C(=O)c4ccccc4C3=O)CC2)o1. The van der Waals surface area contributed by atoms with Crippen molar-refractivity contribution in [3.8, 4) is 0 Å². The number of carbonyl (C=O) groups is 3. The van der Waals surface area contributed by atoms with Gasteiger partial charge in [0.1, 0.15) is 5.76 Å². The van der Waals surface area contributed by atoms with Gasteiger partial charge in [0.25, 0.3) is 17.7 Å². The molecule has 0 spiro atoms. The van der Waals surface area contributed by atoms with Crippen molar-refractivity contribution in [3.63, 3.8) is 0 Å². The molecule has 0 radical (unpaired) electrons.